The van der Waals surface area contributed by atoms with E-state index < -0.39 is 6.50 Å². The van der Waals surface area contributed by atoms with E-state index in [2.05, 4.69) is 4.90 Å². The van der Waals surface area contributed by atoms with Crippen molar-refractivity contribution in [1.82, 2.24) is 9.80 Å². The maximum absolute atomic E-state index is 8.66. The fraction of sp³-hybridized carbons (Fsp3) is 0.478. The van der Waals surface area contributed by atoms with Gasteiger partial charge < -0.3 is 0 Å². The van der Waals surface area contributed by atoms with Gasteiger partial charge in [0.1, 0.15) is 0 Å². The Hall–Kier alpha value is -1.35. The highest BCUT2D eigenvalue weighted by molar-refractivity contribution is 6.30. The molecular formula is C23H29ClN2. The molecule has 26 heavy (non-hydrogen) atoms. The Labute approximate surface area is 171 Å². The second kappa shape index (κ2) is 6.67. The molecule has 0 aromatic heterocycles. The normalized spacial score (nSPS) is 31.3. The smallest absolute Gasteiger partial charge is 0.0629 e. The van der Waals surface area contributed by atoms with E-state index in [0.717, 1.165) is 11.1 Å². The summed E-state index contributed by atoms with van der Waals surface area (Å²) in [6.45, 7) is 5.15. The second-order valence-corrected chi connectivity index (χ2v) is 8.49. The van der Waals surface area contributed by atoms with E-state index in [4.69, 9.17) is 19.8 Å². The average molecular weight is 375 g/mol. The lowest BCUT2D eigenvalue weighted by atomic mass is 9.92. The molecule has 0 radical (unpaired) electrons. The quantitative estimate of drug-likeness (QED) is 0.708. The van der Waals surface area contributed by atoms with Crippen LogP contribution >= 0.6 is 11.6 Å². The number of hydrogen-bond donors (Lipinski definition) is 0. The number of likely N-dealkylation sites (N-methyl/N-ethyl adjacent to an activating group) is 1. The molecule has 2 aromatic carbocycles. The Bertz CT molecular complexity index is 1040. The molecule has 2 aromatic rings. The van der Waals surface area contributed by atoms with E-state index in [-0.39, 0.29) is 48.2 Å². The summed E-state index contributed by atoms with van der Waals surface area (Å²) >= 11 is 6.36. The first-order chi connectivity index (χ1) is 14.8. The zero-order valence-electron chi connectivity index (χ0n) is 21.8. The number of nitrogens with zero attached hydrogens (tertiary/aromatic N) is 2. The molecule has 0 amide bonds. The van der Waals surface area contributed by atoms with E-state index in [1.165, 1.54) is 0 Å². The van der Waals surface area contributed by atoms with E-state index in [1.54, 1.807) is 11.8 Å². The minimum Gasteiger partial charge on any atom is -0.299 e. The summed E-state index contributed by atoms with van der Waals surface area (Å²) < 4.78 is 50.7. The molecule has 4 rings (SSSR count). The Morgan fingerprint density at radius 1 is 1.27 bits per heavy atom. The van der Waals surface area contributed by atoms with Gasteiger partial charge in [0.05, 0.1) is 5.48 Å². The van der Waals surface area contributed by atoms with Gasteiger partial charge >= 0.3 is 0 Å². The molecule has 0 spiro atoms. The molecule has 2 aliphatic rings. The van der Waals surface area contributed by atoms with E-state index in [9.17, 15) is 0 Å². The lowest BCUT2D eigenvalue weighted by Crippen LogP contribution is -2.58. The number of benzene rings is 2. The van der Waals surface area contributed by atoms with Crippen molar-refractivity contribution < 1.29 is 8.22 Å². The lowest BCUT2D eigenvalue weighted by Gasteiger charge is -2.47. The topological polar surface area (TPSA) is 6.48 Å². The Balaban J connectivity index is 1.83. The Morgan fingerprint density at radius 2 is 2.08 bits per heavy atom. The van der Waals surface area contributed by atoms with Gasteiger partial charge in [-0.15, -0.1) is 0 Å². The Kier molecular flexibility index (Phi) is 3.12. The standard InChI is InChI=1S/C23H29ClN2/c1-16-6-5-7-17(12-16)20-14-22(21-13-18(24)8-9-19(20)21)26-11-10-25(4)23(2,3)15-26/h5-9,12-13,20,22H,10-11,14-15H2,1-4H3/t20-,22+/m0/s1/i5D,6D,7D,10D2,12D. The van der Waals surface area contributed by atoms with Gasteiger partial charge in [-0.1, -0.05) is 47.4 Å². The summed E-state index contributed by atoms with van der Waals surface area (Å²) in [7, 11) is 1.82. The van der Waals surface area contributed by atoms with E-state index in [1.807, 2.05) is 39.1 Å². The van der Waals surface area contributed by atoms with Crippen molar-refractivity contribution >= 4 is 11.6 Å². The molecule has 138 valence electrons. The SMILES string of the molecule is [2H]c1c([2H])c(C)c([2H])c([C@@H]2C[C@@H](N3CC([2H])([2H])N(C)C(C)(C)C3)c3cc(Cl)ccc32)c1[2H]. The van der Waals surface area contributed by atoms with Gasteiger partial charge in [0, 0.05) is 44.8 Å². The summed E-state index contributed by atoms with van der Waals surface area (Å²) in [6.07, 6.45) is 0.583. The highest BCUT2D eigenvalue weighted by atomic mass is 35.5. The zero-order valence-corrected chi connectivity index (χ0v) is 16.5. The Morgan fingerprint density at radius 3 is 2.85 bits per heavy atom. The molecular weight excluding hydrogens is 340 g/mol. The minimum atomic E-state index is -1.50. The van der Waals surface area contributed by atoms with Crippen molar-refractivity contribution in [1.29, 1.82) is 0 Å². The predicted octanol–water partition coefficient (Wildman–Crippen LogP) is 5.25. The van der Waals surface area contributed by atoms with Gasteiger partial charge in [-0.25, -0.2) is 0 Å². The van der Waals surface area contributed by atoms with Crippen LogP contribution in [0.25, 0.3) is 0 Å². The van der Waals surface area contributed by atoms with Crippen molar-refractivity contribution in [2.45, 2.75) is 44.7 Å². The largest absolute Gasteiger partial charge is 0.299 e. The molecule has 1 aliphatic carbocycles. The van der Waals surface area contributed by atoms with Crippen molar-refractivity contribution in [2.24, 2.45) is 0 Å². The third kappa shape index (κ3) is 3.19. The number of halogens is 1. The van der Waals surface area contributed by atoms with Crippen molar-refractivity contribution in [3.05, 3.63) is 69.6 Å². The number of hydrogen-bond acceptors (Lipinski definition) is 2. The highest BCUT2D eigenvalue weighted by Gasteiger charge is 2.40. The number of piperazine rings is 1. The second-order valence-electron chi connectivity index (χ2n) is 8.05. The summed E-state index contributed by atoms with van der Waals surface area (Å²) in [5, 5.41) is 0.599. The predicted molar refractivity (Wildman–Crippen MR) is 110 cm³/mol. The maximum Gasteiger partial charge on any atom is 0.0629 e. The fourth-order valence-corrected chi connectivity index (χ4v) is 4.35. The van der Waals surface area contributed by atoms with Crippen molar-refractivity contribution in [3.63, 3.8) is 0 Å². The fourth-order valence-electron chi connectivity index (χ4n) is 4.17. The molecule has 1 saturated heterocycles. The summed E-state index contributed by atoms with van der Waals surface area (Å²) in [5.74, 6) is -0.274. The molecule has 0 bridgehead atoms. The van der Waals surface area contributed by atoms with Crippen molar-refractivity contribution in [3.8, 4) is 0 Å². The van der Waals surface area contributed by atoms with Gasteiger partial charge in [-0.2, -0.15) is 0 Å². The van der Waals surface area contributed by atoms with Crippen LogP contribution in [0.15, 0.2) is 42.4 Å². The minimum absolute atomic E-state index is 0.0637. The van der Waals surface area contributed by atoms with E-state index >= 15 is 0 Å². The van der Waals surface area contributed by atoms with Gasteiger partial charge in [0.15, 0.2) is 0 Å². The first-order valence-electron chi connectivity index (χ1n) is 12.1. The molecule has 0 saturated carbocycles. The molecule has 1 aliphatic heterocycles. The first-order valence-corrected chi connectivity index (χ1v) is 9.48. The summed E-state index contributed by atoms with van der Waals surface area (Å²) in [5.41, 5.74) is 2.48. The third-order valence-corrected chi connectivity index (χ3v) is 6.04. The molecule has 1 fully saturated rings. The molecule has 2 atom stereocenters. The summed E-state index contributed by atoms with van der Waals surface area (Å²) in [4.78, 5) is 3.95. The highest BCUT2D eigenvalue weighted by Crippen LogP contribution is 2.48. The van der Waals surface area contributed by atoms with Crippen LogP contribution in [0.1, 0.15) is 62.7 Å². The third-order valence-electron chi connectivity index (χ3n) is 5.81. The van der Waals surface area contributed by atoms with Gasteiger partial charge in [-0.3, -0.25) is 9.80 Å². The molecule has 3 heteroatoms. The first kappa shape index (κ1) is 12.2. The van der Waals surface area contributed by atoms with Crippen LogP contribution in [-0.4, -0.2) is 42.0 Å². The lowest BCUT2D eigenvalue weighted by molar-refractivity contribution is 0.0158. The monoisotopic (exact) mass is 374 g/mol. The van der Waals surface area contributed by atoms with Crippen LogP contribution in [0.5, 0.6) is 0 Å². The van der Waals surface area contributed by atoms with Crippen LogP contribution in [0.3, 0.4) is 0 Å². The zero-order chi connectivity index (χ0) is 23.7. The maximum atomic E-state index is 8.66. The molecule has 1 heterocycles. The molecule has 2 nitrogen and oxygen atoms in total. The molecule has 0 N–H and O–H groups in total. The van der Waals surface area contributed by atoms with Crippen LogP contribution in [0, 0.1) is 6.92 Å². The van der Waals surface area contributed by atoms with E-state index in [0.29, 0.717) is 29.1 Å². The van der Waals surface area contributed by atoms with Crippen LogP contribution in [-0.2, 0) is 0 Å². The van der Waals surface area contributed by atoms with Crippen LogP contribution < -0.4 is 0 Å². The van der Waals surface area contributed by atoms with Gasteiger partial charge in [0.2, 0.25) is 0 Å². The van der Waals surface area contributed by atoms with Gasteiger partial charge in [-0.05, 0) is 63.1 Å². The number of rotatable bonds is 2. The average Bonchev–Trinajstić information content (AvgIpc) is 3.07. The van der Waals surface area contributed by atoms with Crippen molar-refractivity contribution in [2.75, 3.05) is 26.6 Å². The molecule has 0 unspecified atom stereocenters. The van der Waals surface area contributed by atoms with Crippen LogP contribution in [0.2, 0.25) is 5.02 Å². The summed E-state index contributed by atoms with van der Waals surface area (Å²) in [6, 6.07) is 5.42. The van der Waals surface area contributed by atoms with Gasteiger partial charge in [0.25, 0.3) is 0 Å². The van der Waals surface area contributed by atoms with Crippen LogP contribution in [0.4, 0.5) is 0 Å². The number of fused-ring (bicyclic) bond motifs is 1.